The maximum Gasteiger partial charge on any atom is 0.408 e. The topological polar surface area (TPSA) is 87.7 Å². The van der Waals surface area contributed by atoms with Gasteiger partial charge in [-0.1, -0.05) is 69.2 Å². The second kappa shape index (κ2) is 12.4. The number of nitrogens with zero attached hydrogens (tertiary/aromatic N) is 1. The monoisotopic (exact) mass is 505 g/mol. The molecule has 0 aliphatic heterocycles. The lowest BCUT2D eigenvalue weighted by Crippen LogP contribution is -2.53. The Kier molecular flexibility index (Phi) is 9.90. The zero-order valence-electron chi connectivity index (χ0n) is 23.1. The third-order valence-corrected chi connectivity index (χ3v) is 6.25. The maximum atomic E-state index is 13.9. The number of carbonyl (C=O) groups excluding carboxylic acids is 3. The number of para-hydroxylation sites is 1. The summed E-state index contributed by atoms with van der Waals surface area (Å²) in [6.07, 6.45) is 5.76. The van der Waals surface area contributed by atoms with Gasteiger partial charge in [-0.15, -0.1) is 0 Å². The minimum Gasteiger partial charge on any atom is -0.444 e. The van der Waals surface area contributed by atoms with Crippen molar-refractivity contribution in [1.29, 1.82) is 0 Å². The average molecular weight is 506 g/mol. The first-order valence-electron chi connectivity index (χ1n) is 12.5. The highest BCUT2D eigenvalue weighted by Gasteiger charge is 2.38. The van der Waals surface area contributed by atoms with Crippen LogP contribution in [0.5, 0.6) is 0 Å². The summed E-state index contributed by atoms with van der Waals surface area (Å²) in [5.41, 5.74) is 3.10. The van der Waals surface area contributed by atoms with Gasteiger partial charge in [0.1, 0.15) is 17.7 Å². The molecule has 0 aliphatic carbocycles. The molecule has 198 valence electrons. The van der Waals surface area contributed by atoms with Gasteiger partial charge in [-0.25, -0.2) is 4.79 Å². The zero-order valence-corrected chi connectivity index (χ0v) is 23.1. The Morgan fingerprint density at radius 3 is 2.08 bits per heavy atom. The van der Waals surface area contributed by atoms with Crippen LogP contribution in [0.3, 0.4) is 0 Å². The highest BCUT2D eigenvalue weighted by Crippen LogP contribution is 2.29. The van der Waals surface area contributed by atoms with E-state index in [1.807, 2.05) is 65.0 Å². The fraction of sp³-hybridized carbons (Fsp3) is 0.433. The van der Waals surface area contributed by atoms with E-state index in [0.29, 0.717) is 17.7 Å². The molecule has 2 N–H and O–H groups in total. The van der Waals surface area contributed by atoms with E-state index in [1.54, 1.807) is 32.9 Å². The summed E-state index contributed by atoms with van der Waals surface area (Å²) >= 11 is 0. The standard InChI is InChI=1S/C30H39N3O4/c1-10-19(3)25(32-29(36)37-30(7,8)9)28(35)33(11-2)26(23-18-13-12-15-20(23)4)27(34)31-24-21(5)16-14-17-22(24)6/h2,12-19,25-26H,10H2,1,3-9H3,(H,31,34)(H,32,36). The molecule has 37 heavy (non-hydrogen) atoms. The Morgan fingerprint density at radius 1 is 1.00 bits per heavy atom. The SMILES string of the molecule is C#CN(C(=O)C(NC(=O)OC(C)(C)C)C(C)CC)C(C(=O)Nc1c(C)cccc1C)c1ccccc1C. The van der Waals surface area contributed by atoms with E-state index in [1.165, 1.54) is 0 Å². The van der Waals surface area contributed by atoms with Crippen molar-refractivity contribution in [2.45, 2.75) is 79.5 Å². The summed E-state index contributed by atoms with van der Waals surface area (Å²) in [5, 5.41) is 5.67. The summed E-state index contributed by atoms with van der Waals surface area (Å²) < 4.78 is 5.39. The molecule has 0 fully saturated rings. The molecule has 7 nitrogen and oxygen atoms in total. The van der Waals surface area contributed by atoms with Crippen LogP contribution in [-0.2, 0) is 14.3 Å². The van der Waals surface area contributed by atoms with E-state index in [4.69, 9.17) is 11.2 Å². The molecular formula is C30H39N3O4. The Morgan fingerprint density at radius 2 is 1.57 bits per heavy atom. The van der Waals surface area contributed by atoms with Crippen molar-refractivity contribution in [2.75, 3.05) is 5.32 Å². The Bertz CT molecular complexity index is 1160. The van der Waals surface area contributed by atoms with Crippen molar-refractivity contribution in [3.8, 4) is 12.5 Å². The van der Waals surface area contributed by atoms with Crippen LogP contribution in [0.1, 0.15) is 69.3 Å². The number of nitrogens with one attached hydrogen (secondary N) is 2. The number of hydrogen-bond acceptors (Lipinski definition) is 4. The number of anilines is 1. The average Bonchev–Trinajstić information content (AvgIpc) is 2.82. The number of amides is 3. The predicted molar refractivity (Wildman–Crippen MR) is 147 cm³/mol. The summed E-state index contributed by atoms with van der Waals surface area (Å²) in [6, 6.07) is 13.3. The number of rotatable bonds is 8. The highest BCUT2D eigenvalue weighted by atomic mass is 16.6. The van der Waals surface area contributed by atoms with Gasteiger partial charge in [0.05, 0.1) is 0 Å². The molecule has 0 aromatic heterocycles. The Hall–Kier alpha value is -3.79. The van der Waals surface area contributed by atoms with Crippen LogP contribution in [0.2, 0.25) is 0 Å². The van der Waals surface area contributed by atoms with Crippen LogP contribution < -0.4 is 10.6 Å². The molecule has 3 amide bonds. The fourth-order valence-electron chi connectivity index (χ4n) is 4.03. The third kappa shape index (κ3) is 7.60. The van der Waals surface area contributed by atoms with Crippen LogP contribution in [0.15, 0.2) is 42.5 Å². The summed E-state index contributed by atoms with van der Waals surface area (Å²) in [7, 11) is 0. The zero-order chi connectivity index (χ0) is 27.9. The normalized spacial score (nSPS) is 13.5. The van der Waals surface area contributed by atoms with Gasteiger partial charge in [-0.3, -0.25) is 14.5 Å². The molecule has 0 saturated carbocycles. The van der Waals surface area contributed by atoms with Gasteiger partial charge in [0.15, 0.2) is 0 Å². The molecule has 0 bridgehead atoms. The molecule has 3 atom stereocenters. The number of aryl methyl sites for hydroxylation is 3. The van der Waals surface area contributed by atoms with Gasteiger partial charge in [-0.05, 0) is 69.7 Å². The molecule has 2 aromatic carbocycles. The van der Waals surface area contributed by atoms with Gasteiger partial charge >= 0.3 is 6.09 Å². The summed E-state index contributed by atoms with van der Waals surface area (Å²) in [4.78, 5) is 41.5. The molecule has 0 saturated heterocycles. The van der Waals surface area contributed by atoms with Crippen molar-refractivity contribution in [3.05, 3.63) is 64.7 Å². The van der Waals surface area contributed by atoms with Crippen molar-refractivity contribution in [3.63, 3.8) is 0 Å². The number of ether oxygens (including phenoxy) is 1. The number of alkyl carbamates (subject to hydrolysis) is 1. The quantitative estimate of drug-likeness (QED) is 0.358. The van der Waals surface area contributed by atoms with Crippen LogP contribution in [0, 0.1) is 39.2 Å². The molecule has 7 heteroatoms. The number of carbonyl (C=O) groups is 3. The fourth-order valence-corrected chi connectivity index (χ4v) is 4.03. The van der Waals surface area contributed by atoms with E-state index < -0.39 is 35.6 Å². The molecule has 0 spiro atoms. The van der Waals surface area contributed by atoms with Gasteiger partial charge < -0.3 is 15.4 Å². The third-order valence-electron chi connectivity index (χ3n) is 6.25. The molecule has 3 unspecified atom stereocenters. The first kappa shape index (κ1) is 29.4. The minimum atomic E-state index is -1.12. The molecule has 2 aromatic rings. The van der Waals surface area contributed by atoms with Crippen molar-refractivity contribution in [1.82, 2.24) is 10.2 Å². The van der Waals surface area contributed by atoms with Crippen LogP contribution in [0.4, 0.5) is 10.5 Å². The Balaban J connectivity index is 2.54. The second-order valence-corrected chi connectivity index (χ2v) is 10.4. The summed E-state index contributed by atoms with van der Waals surface area (Å²) in [6.45, 7) is 14.6. The molecule has 0 aliphatic rings. The van der Waals surface area contributed by atoms with Crippen LogP contribution in [-0.4, -0.2) is 34.5 Å². The number of hydrogen-bond donors (Lipinski definition) is 2. The minimum absolute atomic E-state index is 0.268. The van der Waals surface area contributed by atoms with Crippen molar-refractivity contribution >= 4 is 23.6 Å². The van der Waals surface area contributed by atoms with E-state index in [0.717, 1.165) is 21.6 Å². The maximum absolute atomic E-state index is 13.9. The lowest BCUT2D eigenvalue weighted by atomic mass is 9.94. The first-order valence-corrected chi connectivity index (χ1v) is 12.5. The first-order chi connectivity index (χ1) is 17.3. The number of terminal acetylenes is 1. The second-order valence-electron chi connectivity index (χ2n) is 10.4. The largest absolute Gasteiger partial charge is 0.444 e. The number of benzene rings is 2. The van der Waals surface area contributed by atoms with E-state index in [-0.39, 0.29) is 5.92 Å². The van der Waals surface area contributed by atoms with Gasteiger partial charge in [0.2, 0.25) is 0 Å². The summed E-state index contributed by atoms with van der Waals surface area (Å²) in [5.74, 6) is -1.28. The lowest BCUT2D eigenvalue weighted by molar-refractivity contribution is -0.137. The van der Waals surface area contributed by atoms with Crippen LogP contribution >= 0.6 is 0 Å². The highest BCUT2D eigenvalue weighted by molar-refractivity contribution is 6.00. The van der Waals surface area contributed by atoms with Gasteiger partial charge in [0, 0.05) is 11.7 Å². The van der Waals surface area contributed by atoms with E-state index in [2.05, 4.69) is 16.7 Å². The molecule has 0 heterocycles. The van der Waals surface area contributed by atoms with Gasteiger partial charge in [-0.2, -0.15) is 0 Å². The van der Waals surface area contributed by atoms with E-state index in [9.17, 15) is 14.4 Å². The lowest BCUT2D eigenvalue weighted by Gasteiger charge is -2.33. The van der Waals surface area contributed by atoms with Crippen LogP contribution in [0.25, 0.3) is 0 Å². The molecule has 2 rings (SSSR count). The van der Waals surface area contributed by atoms with E-state index >= 15 is 0 Å². The van der Waals surface area contributed by atoms with Crippen molar-refractivity contribution < 1.29 is 19.1 Å². The smallest absolute Gasteiger partial charge is 0.408 e. The Labute approximate surface area is 221 Å². The van der Waals surface area contributed by atoms with Gasteiger partial charge in [0.25, 0.3) is 11.8 Å². The van der Waals surface area contributed by atoms with Crippen molar-refractivity contribution in [2.24, 2.45) is 5.92 Å². The predicted octanol–water partition coefficient (Wildman–Crippen LogP) is 5.65. The molecular weight excluding hydrogens is 466 g/mol. The molecule has 0 radical (unpaired) electrons.